The van der Waals surface area contributed by atoms with Gasteiger partial charge in [0, 0.05) is 16.6 Å². The van der Waals surface area contributed by atoms with Crippen LogP contribution in [0.2, 0.25) is 0 Å². The molecule has 34 heavy (non-hydrogen) atoms. The van der Waals surface area contributed by atoms with Gasteiger partial charge < -0.3 is 10.2 Å². The molecule has 7 nitrogen and oxygen atoms in total. The number of hydrogen-bond donors (Lipinski definition) is 1. The molecule has 1 atom stereocenters. The lowest BCUT2D eigenvalue weighted by Gasteiger charge is -2.34. The van der Waals surface area contributed by atoms with E-state index in [-0.39, 0.29) is 12.5 Å². The molecule has 2 aromatic carbocycles. The van der Waals surface area contributed by atoms with Crippen LogP contribution in [0.1, 0.15) is 45.2 Å². The van der Waals surface area contributed by atoms with Gasteiger partial charge in [-0.05, 0) is 63.9 Å². The summed E-state index contributed by atoms with van der Waals surface area (Å²) in [4.78, 5) is 28.3. The normalized spacial score (nSPS) is 12.7. The first-order valence-corrected chi connectivity index (χ1v) is 13.8. The van der Waals surface area contributed by atoms with Gasteiger partial charge in [-0.1, -0.05) is 52.7 Å². The number of carbonyl (C=O) groups excluding carboxylic acids is 2. The van der Waals surface area contributed by atoms with E-state index in [1.807, 2.05) is 58.9 Å². The van der Waals surface area contributed by atoms with Crippen molar-refractivity contribution in [3.8, 4) is 0 Å². The third-order valence-corrected chi connectivity index (χ3v) is 6.78. The molecule has 0 unspecified atom stereocenters. The Morgan fingerprint density at radius 3 is 2.21 bits per heavy atom. The van der Waals surface area contributed by atoms with Crippen LogP contribution in [0, 0.1) is 6.92 Å². The number of rotatable bonds is 9. The summed E-state index contributed by atoms with van der Waals surface area (Å²) in [5, 5.41) is 2.95. The second-order valence-electron chi connectivity index (χ2n) is 9.42. The molecule has 0 heterocycles. The van der Waals surface area contributed by atoms with E-state index < -0.39 is 34.1 Å². The van der Waals surface area contributed by atoms with Gasteiger partial charge in [0.05, 0.1) is 11.9 Å². The van der Waals surface area contributed by atoms with Crippen LogP contribution in [0.5, 0.6) is 0 Å². The average molecular weight is 553 g/mol. The minimum Gasteiger partial charge on any atom is -0.350 e. The zero-order chi connectivity index (χ0) is 25.7. The first-order chi connectivity index (χ1) is 15.7. The molecule has 0 radical (unpaired) electrons. The number of amides is 2. The fourth-order valence-corrected chi connectivity index (χ4v) is 4.71. The van der Waals surface area contributed by atoms with E-state index in [1.165, 1.54) is 4.90 Å². The smallest absolute Gasteiger partial charge is 0.244 e. The molecule has 0 aromatic heterocycles. The maximum atomic E-state index is 13.6. The Kier molecular flexibility index (Phi) is 9.30. The molecule has 1 N–H and O–H groups in total. The molecule has 0 saturated carbocycles. The van der Waals surface area contributed by atoms with Crippen LogP contribution in [0.25, 0.3) is 0 Å². The Bertz CT molecular complexity index is 1110. The summed E-state index contributed by atoms with van der Waals surface area (Å²) in [5.41, 5.74) is 1.80. The van der Waals surface area contributed by atoms with Crippen LogP contribution in [-0.4, -0.2) is 49.5 Å². The Labute approximate surface area is 211 Å². The first-order valence-electron chi connectivity index (χ1n) is 11.1. The number of hydrogen-bond acceptors (Lipinski definition) is 4. The molecule has 0 fully saturated rings. The second kappa shape index (κ2) is 11.4. The third-order valence-electron chi connectivity index (χ3n) is 5.11. The molecule has 0 aliphatic heterocycles. The lowest BCUT2D eigenvalue weighted by atomic mass is 10.0. The lowest BCUT2D eigenvalue weighted by Crippen LogP contribution is -2.55. The van der Waals surface area contributed by atoms with Crippen molar-refractivity contribution in [1.82, 2.24) is 10.2 Å². The van der Waals surface area contributed by atoms with Gasteiger partial charge in [-0.25, -0.2) is 8.42 Å². The molecule has 2 aromatic rings. The van der Waals surface area contributed by atoms with Crippen LogP contribution in [0.3, 0.4) is 0 Å². The fraction of sp³-hybridized carbons (Fsp3) is 0.440. The van der Waals surface area contributed by atoms with Crippen molar-refractivity contribution >= 4 is 43.5 Å². The first kappa shape index (κ1) is 27.9. The zero-order valence-electron chi connectivity index (χ0n) is 20.6. The molecular weight excluding hydrogens is 518 g/mol. The Balaban J connectivity index is 2.45. The van der Waals surface area contributed by atoms with Crippen molar-refractivity contribution in [2.75, 3.05) is 17.1 Å². The van der Waals surface area contributed by atoms with Crippen molar-refractivity contribution in [2.45, 2.75) is 59.2 Å². The summed E-state index contributed by atoms with van der Waals surface area (Å²) in [6.07, 6.45) is 1.45. The Morgan fingerprint density at radius 1 is 1.09 bits per heavy atom. The van der Waals surface area contributed by atoms with Crippen molar-refractivity contribution in [2.24, 2.45) is 0 Å². The number of aryl methyl sites for hydroxylation is 1. The fourth-order valence-electron chi connectivity index (χ4n) is 3.60. The maximum Gasteiger partial charge on any atom is 0.244 e. The van der Waals surface area contributed by atoms with Crippen LogP contribution >= 0.6 is 15.9 Å². The SMILES string of the molecule is CC[C@@H](C(=O)NC(C)(C)C)N(Cc1cccc(C)c1)C(=O)CN(c1ccc(Br)cc1)S(C)(=O)=O. The molecular formula is C25H34BrN3O4S. The minimum atomic E-state index is -3.75. The predicted octanol–water partition coefficient (Wildman–Crippen LogP) is 4.25. The molecule has 0 bridgehead atoms. The van der Waals surface area contributed by atoms with Crippen LogP contribution in [0.4, 0.5) is 5.69 Å². The molecule has 186 valence electrons. The minimum absolute atomic E-state index is 0.189. The largest absolute Gasteiger partial charge is 0.350 e. The molecule has 0 spiro atoms. The van der Waals surface area contributed by atoms with Gasteiger partial charge in [-0.3, -0.25) is 13.9 Å². The van der Waals surface area contributed by atoms with E-state index >= 15 is 0 Å². The summed E-state index contributed by atoms with van der Waals surface area (Å²) in [6.45, 7) is 9.21. The third kappa shape index (κ3) is 8.13. The van der Waals surface area contributed by atoms with Gasteiger partial charge in [0.25, 0.3) is 0 Å². The molecule has 0 saturated heterocycles. The van der Waals surface area contributed by atoms with Gasteiger partial charge in [-0.15, -0.1) is 0 Å². The predicted molar refractivity (Wildman–Crippen MR) is 140 cm³/mol. The highest BCUT2D eigenvalue weighted by atomic mass is 79.9. The number of sulfonamides is 1. The van der Waals surface area contributed by atoms with Crippen LogP contribution in [-0.2, 0) is 26.2 Å². The highest BCUT2D eigenvalue weighted by Gasteiger charge is 2.33. The summed E-state index contributed by atoms with van der Waals surface area (Å²) >= 11 is 3.34. The number of nitrogens with zero attached hydrogens (tertiary/aromatic N) is 2. The summed E-state index contributed by atoms with van der Waals surface area (Å²) < 4.78 is 27.1. The van der Waals surface area contributed by atoms with E-state index in [4.69, 9.17) is 0 Å². The van der Waals surface area contributed by atoms with Crippen molar-refractivity contribution in [3.05, 3.63) is 64.1 Å². The van der Waals surface area contributed by atoms with Gasteiger partial charge in [0.1, 0.15) is 12.6 Å². The maximum absolute atomic E-state index is 13.6. The molecule has 0 aliphatic carbocycles. The highest BCUT2D eigenvalue weighted by molar-refractivity contribution is 9.10. The van der Waals surface area contributed by atoms with Crippen molar-refractivity contribution in [1.29, 1.82) is 0 Å². The topological polar surface area (TPSA) is 86.8 Å². The number of benzene rings is 2. The molecule has 9 heteroatoms. The summed E-state index contributed by atoms with van der Waals surface area (Å²) in [7, 11) is -3.75. The van der Waals surface area contributed by atoms with Gasteiger partial charge in [-0.2, -0.15) is 0 Å². The monoisotopic (exact) mass is 551 g/mol. The van der Waals surface area contributed by atoms with Crippen molar-refractivity contribution < 1.29 is 18.0 Å². The molecule has 2 rings (SSSR count). The molecule has 2 amide bonds. The van der Waals surface area contributed by atoms with E-state index in [0.717, 1.165) is 26.2 Å². The van der Waals surface area contributed by atoms with E-state index in [9.17, 15) is 18.0 Å². The summed E-state index contributed by atoms with van der Waals surface area (Å²) in [6, 6.07) is 13.6. The van der Waals surface area contributed by atoms with Gasteiger partial charge in [0.2, 0.25) is 21.8 Å². The number of carbonyl (C=O) groups is 2. The van der Waals surface area contributed by atoms with Crippen LogP contribution in [0.15, 0.2) is 53.0 Å². The Hall–Kier alpha value is -2.39. The van der Waals surface area contributed by atoms with Crippen molar-refractivity contribution in [3.63, 3.8) is 0 Å². The van der Waals surface area contributed by atoms with Gasteiger partial charge in [0.15, 0.2) is 0 Å². The lowest BCUT2D eigenvalue weighted by molar-refractivity contribution is -0.141. The van der Waals surface area contributed by atoms with Crippen LogP contribution < -0.4 is 9.62 Å². The highest BCUT2D eigenvalue weighted by Crippen LogP contribution is 2.22. The van der Waals surface area contributed by atoms with Gasteiger partial charge >= 0.3 is 0 Å². The number of nitrogens with one attached hydrogen (secondary N) is 1. The van der Waals surface area contributed by atoms with E-state index in [1.54, 1.807) is 24.3 Å². The number of halogens is 1. The van der Waals surface area contributed by atoms with E-state index in [2.05, 4.69) is 21.2 Å². The quantitative estimate of drug-likeness (QED) is 0.504. The summed E-state index contributed by atoms with van der Waals surface area (Å²) in [5.74, 6) is -0.726. The molecule has 0 aliphatic rings. The zero-order valence-corrected chi connectivity index (χ0v) is 23.0. The standard InChI is InChI=1S/C25H34BrN3O4S/c1-7-22(24(31)27-25(3,4)5)28(16-19-10-8-9-18(2)15-19)23(30)17-29(34(6,32)33)21-13-11-20(26)12-14-21/h8-15,22H,7,16-17H2,1-6H3,(H,27,31)/t22-/m0/s1. The Morgan fingerprint density at radius 2 is 1.71 bits per heavy atom. The van der Waals surface area contributed by atoms with E-state index in [0.29, 0.717) is 12.1 Å². The average Bonchev–Trinajstić information content (AvgIpc) is 2.70. The second-order valence-corrected chi connectivity index (χ2v) is 12.2. The number of anilines is 1.